The number of nitrogens with two attached hydrogens (primary N) is 1. The van der Waals surface area contributed by atoms with Gasteiger partial charge < -0.3 is 11.1 Å². The molecule has 0 radical (unpaired) electrons. The minimum atomic E-state index is -0.144. The second-order valence-electron chi connectivity index (χ2n) is 1.64. The van der Waals surface area contributed by atoms with Gasteiger partial charge in [0.15, 0.2) is 5.13 Å². The molecule has 1 amide bonds. The maximum absolute atomic E-state index is 10.8. The van der Waals surface area contributed by atoms with Gasteiger partial charge in [-0.15, -0.1) is 0 Å². The monoisotopic (exact) mass is 157 g/mol. The molecule has 1 rings (SSSR count). The number of anilines is 1. The number of carbonyl (C=O) groups is 1. The van der Waals surface area contributed by atoms with E-state index in [1.807, 2.05) is 0 Å². The van der Waals surface area contributed by atoms with Crippen LogP contribution in [-0.4, -0.2) is 17.9 Å². The Hall–Kier alpha value is -1.10. The molecule has 10 heavy (non-hydrogen) atoms. The van der Waals surface area contributed by atoms with Crippen LogP contribution in [0.5, 0.6) is 0 Å². The van der Waals surface area contributed by atoms with E-state index in [1.54, 1.807) is 7.05 Å². The fourth-order valence-corrected chi connectivity index (χ4v) is 1.15. The van der Waals surface area contributed by atoms with Crippen molar-refractivity contribution in [3.63, 3.8) is 0 Å². The van der Waals surface area contributed by atoms with Crippen molar-refractivity contribution >= 4 is 22.4 Å². The van der Waals surface area contributed by atoms with Gasteiger partial charge in [-0.25, -0.2) is 4.98 Å². The summed E-state index contributed by atoms with van der Waals surface area (Å²) in [5, 5.41) is 2.89. The summed E-state index contributed by atoms with van der Waals surface area (Å²) in [7, 11) is 1.57. The number of amides is 1. The van der Waals surface area contributed by atoms with Crippen molar-refractivity contribution in [2.45, 2.75) is 0 Å². The Kier molecular flexibility index (Phi) is 1.86. The van der Waals surface area contributed by atoms with Gasteiger partial charge in [-0.1, -0.05) is 11.3 Å². The first-order chi connectivity index (χ1) is 4.74. The van der Waals surface area contributed by atoms with Crippen molar-refractivity contribution in [3.8, 4) is 0 Å². The predicted molar refractivity (Wildman–Crippen MR) is 39.9 cm³/mol. The first kappa shape index (κ1) is 7.01. The smallest absolute Gasteiger partial charge is 0.262 e. The van der Waals surface area contributed by atoms with Crippen LogP contribution in [0.4, 0.5) is 5.13 Å². The Balaban J connectivity index is 2.85. The van der Waals surface area contributed by atoms with Crippen LogP contribution in [0, 0.1) is 0 Å². The molecule has 1 aromatic heterocycles. The topological polar surface area (TPSA) is 68.0 Å². The molecule has 0 aliphatic carbocycles. The van der Waals surface area contributed by atoms with E-state index in [1.165, 1.54) is 17.5 Å². The Labute approximate surface area is 62.1 Å². The van der Waals surface area contributed by atoms with E-state index in [-0.39, 0.29) is 5.91 Å². The van der Waals surface area contributed by atoms with Crippen molar-refractivity contribution in [2.24, 2.45) is 0 Å². The lowest BCUT2D eigenvalue weighted by Crippen LogP contribution is -2.16. The molecule has 0 spiro atoms. The SMILES string of the molecule is CNC(=O)c1cnc(N)s1. The molecule has 0 saturated carbocycles. The van der Waals surface area contributed by atoms with Gasteiger partial charge in [-0.3, -0.25) is 4.79 Å². The zero-order valence-electron chi connectivity index (χ0n) is 5.42. The average Bonchev–Trinajstić information content (AvgIpc) is 2.34. The number of nitrogen functional groups attached to an aromatic ring is 1. The minimum Gasteiger partial charge on any atom is -0.375 e. The summed E-state index contributed by atoms with van der Waals surface area (Å²) in [6.45, 7) is 0. The van der Waals surface area contributed by atoms with Gasteiger partial charge >= 0.3 is 0 Å². The van der Waals surface area contributed by atoms with Crippen molar-refractivity contribution in [3.05, 3.63) is 11.1 Å². The molecule has 0 aliphatic heterocycles. The number of hydrogen-bond acceptors (Lipinski definition) is 4. The third kappa shape index (κ3) is 1.24. The molecule has 54 valence electrons. The molecule has 5 heteroatoms. The van der Waals surface area contributed by atoms with Crippen LogP contribution in [0.2, 0.25) is 0 Å². The quantitative estimate of drug-likeness (QED) is 0.606. The van der Waals surface area contributed by atoms with Crippen LogP contribution in [-0.2, 0) is 0 Å². The number of thiazole rings is 1. The summed E-state index contributed by atoms with van der Waals surface area (Å²) < 4.78 is 0. The number of aromatic nitrogens is 1. The Morgan fingerprint density at radius 1 is 1.90 bits per heavy atom. The number of nitrogens with one attached hydrogen (secondary N) is 1. The van der Waals surface area contributed by atoms with E-state index in [9.17, 15) is 4.79 Å². The summed E-state index contributed by atoms with van der Waals surface area (Å²) in [5.41, 5.74) is 5.30. The molecular formula is C5H7N3OS. The number of rotatable bonds is 1. The van der Waals surface area contributed by atoms with Crippen LogP contribution >= 0.6 is 11.3 Å². The van der Waals surface area contributed by atoms with Crippen molar-refractivity contribution in [2.75, 3.05) is 12.8 Å². The lowest BCUT2D eigenvalue weighted by atomic mass is 10.5. The van der Waals surface area contributed by atoms with Crippen LogP contribution in [0.25, 0.3) is 0 Å². The second kappa shape index (κ2) is 2.66. The first-order valence-electron chi connectivity index (χ1n) is 2.67. The van der Waals surface area contributed by atoms with Gasteiger partial charge in [-0.2, -0.15) is 0 Å². The van der Waals surface area contributed by atoms with Gasteiger partial charge in [0.25, 0.3) is 5.91 Å². The average molecular weight is 157 g/mol. The van der Waals surface area contributed by atoms with Gasteiger partial charge in [0.05, 0.1) is 6.20 Å². The summed E-state index contributed by atoms with van der Waals surface area (Å²) in [6, 6.07) is 0. The van der Waals surface area contributed by atoms with E-state index < -0.39 is 0 Å². The summed E-state index contributed by atoms with van der Waals surface area (Å²) >= 11 is 1.18. The highest BCUT2D eigenvalue weighted by molar-refractivity contribution is 7.17. The number of hydrogen-bond donors (Lipinski definition) is 2. The van der Waals surface area contributed by atoms with Crippen LogP contribution in [0.1, 0.15) is 9.67 Å². The number of carbonyl (C=O) groups excluding carboxylic acids is 1. The van der Waals surface area contributed by atoms with Crippen LogP contribution in [0.3, 0.4) is 0 Å². The lowest BCUT2D eigenvalue weighted by Gasteiger charge is -1.89. The third-order valence-electron chi connectivity index (χ3n) is 0.974. The molecule has 0 bridgehead atoms. The largest absolute Gasteiger partial charge is 0.375 e. The standard InChI is InChI=1S/C5H7N3OS/c1-7-4(9)3-2-8-5(6)10-3/h2H,1H3,(H2,6,8)(H,7,9). The highest BCUT2D eigenvalue weighted by Crippen LogP contribution is 2.13. The van der Waals surface area contributed by atoms with Crippen LogP contribution < -0.4 is 11.1 Å². The van der Waals surface area contributed by atoms with E-state index in [0.717, 1.165) is 0 Å². The molecule has 0 atom stereocenters. The summed E-state index contributed by atoms with van der Waals surface area (Å²) in [4.78, 5) is 15.1. The molecule has 0 saturated heterocycles. The fourth-order valence-electron chi connectivity index (χ4n) is 0.516. The molecule has 1 aromatic rings. The van der Waals surface area contributed by atoms with Gasteiger partial charge in [0.1, 0.15) is 4.88 Å². The maximum atomic E-state index is 10.8. The van der Waals surface area contributed by atoms with E-state index >= 15 is 0 Å². The zero-order chi connectivity index (χ0) is 7.56. The fraction of sp³-hybridized carbons (Fsp3) is 0.200. The molecule has 0 fully saturated rings. The second-order valence-corrected chi connectivity index (χ2v) is 2.70. The minimum absolute atomic E-state index is 0.144. The predicted octanol–water partition coefficient (Wildman–Crippen LogP) is 0.0849. The molecule has 4 nitrogen and oxygen atoms in total. The van der Waals surface area contributed by atoms with E-state index in [2.05, 4.69) is 10.3 Å². The Morgan fingerprint density at radius 2 is 2.60 bits per heavy atom. The van der Waals surface area contributed by atoms with E-state index in [4.69, 9.17) is 5.73 Å². The molecule has 0 aliphatic rings. The highest BCUT2D eigenvalue weighted by atomic mass is 32.1. The summed E-state index contributed by atoms with van der Waals surface area (Å²) in [5.74, 6) is -0.144. The van der Waals surface area contributed by atoms with E-state index in [0.29, 0.717) is 10.0 Å². The first-order valence-corrected chi connectivity index (χ1v) is 3.49. The Morgan fingerprint density at radius 3 is 3.00 bits per heavy atom. The van der Waals surface area contributed by atoms with Crippen molar-refractivity contribution in [1.29, 1.82) is 0 Å². The molecule has 1 heterocycles. The van der Waals surface area contributed by atoms with Gasteiger partial charge in [-0.05, 0) is 0 Å². The molecule has 0 unspecified atom stereocenters. The molecule has 3 N–H and O–H groups in total. The zero-order valence-corrected chi connectivity index (χ0v) is 6.23. The van der Waals surface area contributed by atoms with Gasteiger partial charge in [0, 0.05) is 7.05 Å². The van der Waals surface area contributed by atoms with Crippen molar-refractivity contribution < 1.29 is 4.79 Å². The maximum Gasteiger partial charge on any atom is 0.262 e. The molecular weight excluding hydrogens is 150 g/mol. The lowest BCUT2D eigenvalue weighted by molar-refractivity contribution is 0.0967. The summed E-state index contributed by atoms with van der Waals surface area (Å²) in [6.07, 6.45) is 1.46. The normalized spacial score (nSPS) is 9.30. The highest BCUT2D eigenvalue weighted by Gasteiger charge is 2.05. The van der Waals surface area contributed by atoms with Crippen LogP contribution in [0.15, 0.2) is 6.20 Å². The Bertz CT molecular complexity index is 245. The number of nitrogens with zero attached hydrogens (tertiary/aromatic N) is 1. The van der Waals surface area contributed by atoms with Crippen molar-refractivity contribution in [1.82, 2.24) is 10.3 Å². The molecule has 0 aromatic carbocycles. The third-order valence-corrected chi connectivity index (χ3v) is 1.80. The van der Waals surface area contributed by atoms with Gasteiger partial charge in [0.2, 0.25) is 0 Å².